The summed E-state index contributed by atoms with van der Waals surface area (Å²) in [5, 5.41) is 10.3. The number of halogens is 2. The number of aryl methyl sites for hydroxylation is 2. The summed E-state index contributed by atoms with van der Waals surface area (Å²) in [5.41, 5.74) is 3.23. The van der Waals surface area contributed by atoms with Crippen LogP contribution in [0.15, 0.2) is 40.9 Å². The average molecular weight is 309 g/mol. The lowest BCUT2D eigenvalue weighted by molar-refractivity contribution is 0.215. The van der Waals surface area contributed by atoms with Crippen LogP contribution in [0.2, 0.25) is 0 Å². The van der Waals surface area contributed by atoms with Gasteiger partial charge < -0.3 is 5.11 Å². The van der Waals surface area contributed by atoms with E-state index in [-0.39, 0.29) is 5.56 Å². The molecule has 1 unspecified atom stereocenters. The van der Waals surface area contributed by atoms with Crippen LogP contribution >= 0.6 is 15.9 Å². The fourth-order valence-corrected chi connectivity index (χ4v) is 2.22. The van der Waals surface area contributed by atoms with Crippen LogP contribution in [0.5, 0.6) is 0 Å². The van der Waals surface area contributed by atoms with Crippen LogP contribution in [0.3, 0.4) is 0 Å². The van der Waals surface area contributed by atoms with E-state index in [0.717, 1.165) is 15.6 Å². The molecule has 3 heteroatoms. The van der Waals surface area contributed by atoms with Gasteiger partial charge in [0.25, 0.3) is 0 Å². The Morgan fingerprint density at radius 2 is 1.78 bits per heavy atom. The van der Waals surface area contributed by atoms with Crippen molar-refractivity contribution >= 4 is 15.9 Å². The van der Waals surface area contributed by atoms with E-state index in [4.69, 9.17) is 0 Å². The molecule has 0 saturated carbocycles. The summed E-state index contributed by atoms with van der Waals surface area (Å²) in [6.07, 6.45) is -0.943. The van der Waals surface area contributed by atoms with Crippen LogP contribution in [0.25, 0.3) is 0 Å². The molecule has 0 aromatic heterocycles. The zero-order chi connectivity index (χ0) is 13.3. The molecule has 2 aromatic carbocycles. The van der Waals surface area contributed by atoms with Crippen molar-refractivity contribution in [1.82, 2.24) is 0 Å². The largest absolute Gasteiger partial charge is 0.384 e. The molecule has 0 heterocycles. The van der Waals surface area contributed by atoms with E-state index in [1.807, 2.05) is 32.0 Å². The molecular formula is C15H14BrFO. The predicted octanol–water partition coefficient (Wildman–Crippen LogP) is 4.29. The van der Waals surface area contributed by atoms with Gasteiger partial charge in [0, 0.05) is 10.0 Å². The minimum Gasteiger partial charge on any atom is -0.384 e. The van der Waals surface area contributed by atoms with Crippen LogP contribution in [0.4, 0.5) is 4.39 Å². The van der Waals surface area contributed by atoms with Crippen molar-refractivity contribution in [3.05, 3.63) is 68.9 Å². The summed E-state index contributed by atoms with van der Waals surface area (Å²) in [6, 6.07) is 10.2. The number of hydrogen-bond donors (Lipinski definition) is 1. The monoisotopic (exact) mass is 308 g/mol. The average Bonchev–Trinajstić information content (AvgIpc) is 2.35. The van der Waals surface area contributed by atoms with Gasteiger partial charge in [0.05, 0.1) is 0 Å². The molecule has 0 radical (unpaired) electrons. The van der Waals surface area contributed by atoms with Crippen molar-refractivity contribution in [2.45, 2.75) is 20.0 Å². The number of rotatable bonds is 2. The van der Waals surface area contributed by atoms with Crippen LogP contribution in [-0.4, -0.2) is 5.11 Å². The van der Waals surface area contributed by atoms with Gasteiger partial charge in [0.15, 0.2) is 0 Å². The maximum atomic E-state index is 13.7. The Morgan fingerprint density at radius 3 is 2.44 bits per heavy atom. The summed E-state index contributed by atoms with van der Waals surface area (Å²) < 4.78 is 14.5. The first kappa shape index (κ1) is 13.2. The van der Waals surface area contributed by atoms with Gasteiger partial charge in [-0.15, -0.1) is 0 Å². The van der Waals surface area contributed by atoms with Crippen molar-refractivity contribution in [3.8, 4) is 0 Å². The Kier molecular flexibility index (Phi) is 3.83. The molecule has 0 bridgehead atoms. The molecule has 1 N–H and O–H groups in total. The van der Waals surface area contributed by atoms with E-state index in [1.165, 1.54) is 6.07 Å². The van der Waals surface area contributed by atoms with Gasteiger partial charge in [-0.1, -0.05) is 34.1 Å². The highest BCUT2D eigenvalue weighted by atomic mass is 79.9. The number of aliphatic hydroxyl groups excluding tert-OH is 1. The molecule has 0 aliphatic rings. The third-order valence-electron chi connectivity index (χ3n) is 3.10. The summed E-state index contributed by atoms with van der Waals surface area (Å²) in [5.74, 6) is -0.399. The van der Waals surface area contributed by atoms with E-state index < -0.39 is 11.9 Å². The van der Waals surface area contributed by atoms with Crippen molar-refractivity contribution in [2.24, 2.45) is 0 Å². The zero-order valence-electron chi connectivity index (χ0n) is 10.2. The molecule has 0 amide bonds. The number of hydrogen-bond acceptors (Lipinski definition) is 1. The molecule has 0 saturated heterocycles. The molecule has 0 spiro atoms. The fraction of sp³-hybridized carbons (Fsp3) is 0.200. The van der Waals surface area contributed by atoms with Crippen molar-refractivity contribution in [2.75, 3.05) is 0 Å². The highest BCUT2D eigenvalue weighted by Crippen LogP contribution is 2.28. The van der Waals surface area contributed by atoms with Crippen LogP contribution < -0.4 is 0 Å². The SMILES string of the molecule is Cc1ccc(C(O)c2cc(Br)ccc2F)cc1C. The zero-order valence-corrected chi connectivity index (χ0v) is 11.8. The van der Waals surface area contributed by atoms with Gasteiger partial charge >= 0.3 is 0 Å². The van der Waals surface area contributed by atoms with Crippen LogP contribution in [0.1, 0.15) is 28.4 Å². The van der Waals surface area contributed by atoms with Crippen LogP contribution in [-0.2, 0) is 0 Å². The first-order valence-electron chi connectivity index (χ1n) is 5.69. The molecule has 2 rings (SSSR count). The molecule has 1 atom stereocenters. The molecular weight excluding hydrogens is 295 g/mol. The van der Waals surface area contributed by atoms with E-state index in [2.05, 4.69) is 15.9 Å². The van der Waals surface area contributed by atoms with Gasteiger partial charge in [-0.25, -0.2) is 4.39 Å². The van der Waals surface area contributed by atoms with Gasteiger partial charge in [-0.05, 0) is 48.7 Å². The second kappa shape index (κ2) is 5.21. The molecule has 1 nitrogen and oxygen atoms in total. The van der Waals surface area contributed by atoms with Gasteiger partial charge in [0.2, 0.25) is 0 Å². The topological polar surface area (TPSA) is 20.2 Å². The lowest BCUT2D eigenvalue weighted by atomic mass is 9.98. The maximum Gasteiger partial charge on any atom is 0.129 e. The molecule has 0 aliphatic heterocycles. The number of benzene rings is 2. The number of aliphatic hydroxyl groups is 1. The molecule has 0 fully saturated rings. The Morgan fingerprint density at radius 1 is 1.06 bits per heavy atom. The molecule has 2 aromatic rings. The quantitative estimate of drug-likeness (QED) is 0.877. The Hall–Kier alpha value is -1.19. The standard InChI is InChI=1S/C15H14BrFO/c1-9-3-4-11(7-10(9)2)15(18)13-8-12(16)5-6-14(13)17/h3-8,15,18H,1-2H3. The summed E-state index contributed by atoms with van der Waals surface area (Å²) >= 11 is 3.29. The van der Waals surface area contributed by atoms with Crippen molar-refractivity contribution < 1.29 is 9.50 Å². The first-order chi connectivity index (χ1) is 8.49. The fourth-order valence-electron chi connectivity index (χ4n) is 1.84. The normalized spacial score (nSPS) is 12.5. The Balaban J connectivity index is 2.44. The lowest BCUT2D eigenvalue weighted by Gasteiger charge is -2.14. The molecule has 18 heavy (non-hydrogen) atoms. The van der Waals surface area contributed by atoms with Crippen molar-refractivity contribution in [1.29, 1.82) is 0 Å². The first-order valence-corrected chi connectivity index (χ1v) is 6.48. The van der Waals surface area contributed by atoms with Gasteiger partial charge in [0.1, 0.15) is 11.9 Å². The smallest absolute Gasteiger partial charge is 0.129 e. The van der Waals surface area contributed by atoms with Gasteiger partial charge in [-0.2, -0.15) is 0 Å². The predicted molar refractivity (Wildman–Crippen MR) is 74.1 cm³/mol. The van der Waals surface area contributed by atoms with E-state index in [9.17, 15) is 9.50 Å². The van der Waals surface area contributed by atoms with E-state index >= 15 is 0 Å². The minimum absolute atomic E-state index is 0.285. The summed E-state index contributed by atoms with van der Waals surface area (Å²) in [7, 11) is 0. The molecule has 0 aliphatic carbocycles. The molecule has 94 valence electrons. The summed E-state index contributed by atoms with van der Waals surface area (Å²) in [4.78, 5) is 0. The van der Waals surface area contributed by atoms with Crippen molar-refractivity contribution in [3.63, 3.8) is 0 Å². The third-order valence-corrected chi connectivity index (χ3v) is 3.59. The minimum atomic E-state index is -0.943. The Labute approximate surface area is 114 Å². The third kappa shape index (κ3) is 2.62. The second-order valence-corrected chi connectivity index (χ2v) is 5.33. The van der Waals surface area contributed by atoms with Gasteiger partial charge in [-0.3, -0.25) is 0 Å². The lowest BCUT2D eigenvalue weighted by Crippen LogP contribution is -2.03. The highest BCUT2D eigenvalue weighted by molar-refractivity contribution is 9.10. The Bertz CT molecular complexity index is 581. The van der Waals surface area contributed by atoms with Crippen LogP contribution in [0, 0.1) is 19.7 Å². The van der Waals surface area contributed by atoms with E-state index in [1.54, 1.807) is 12.1 Å². The second-order valence-electron chi connectivity index (χ2n) is 4.41. The summed E-state index contributed by atoms with van der Waals surface area (Å²) in [6.45, 7) is 3.98. The maximum absolute atomic E-state index is 13.7. The highest BCUT2D eigenvalue weighted by Gasteiger charge is 2.15. The van der Waals surface area contributed by atoms with E-state index in [0.29, 0.717) is 5.56 Å².